The highest BCUT2D eigenvalue weighted by Gasteiger charge is 2.34. The van der Waals surface area contributed by atoms with E-state index in [1.807, 2.05) is 4.90 Å². The summed E-state index contributed by atoms with van der Waals surface area (Å²) in [6, 6.07) is 6.95. The van der Waals surface area contributed by atoms with Crippen molar-refractivity contribution in [3.63, 3.8) is 0 Å². The summed E-state index contributed by atoms with van der Waals surface area (Å²) in [6.07, 6.45) is 1.82. The minimum atomic E-state index is -4.59. The summed E-state index contributed by atoms with van der Waals surface area (Å²) in [5, 5.41) is 17.2. The summed E-state index contributed by atoms with van der Waals surface area (Å²) in [6.45, 7) is 5.97. The number of carboxylic acid groups (broad SMARTS) is 1. The fraction of sp³-hybridized carbons (Fsp3) is 0.276. The van der Waals surface area contributed by atoms with Crippen molar-refractivity contribution in [2.45, 2.75) is 19.6 Å². The molecule has 10 nitrogen and oxygen atoms in total. The van der Waals surface area contributed by atoms with E-state index in [-0.39, 0.29) is 30.0 Å². The molecule has 13 heteroatoms. The predicted octanol–water partition coefficient (Wildman–Crippen LogP) is 3.86. The summed E-state index contributed by atoms with van der Waals surface area (Å²) in [7, 11) is 0. The standard InChI is InChI=1S/C28H26F3N7O.CH2O2/c1-2-37-9-11-38(12-10-37)18-22-6-5-20(14-24(22)28(29,30)31)27(39)35-25-13-19(7-8-33-25)3-4-21-15-32-16-23-17-34-36-26(21)23;2-1-3/h5-8,13-17H,2,9-12,18H2,1H3,(H,34,36)(H,33,35,39);1H,(H,2,3). The van der Waals surface area contributed by atoms with Crippen LogP contribution < -0.4 is 5.32 Å². The van der Waals surface area contributed by atoms with Crippen molar-refractivity contribution in [1.29, 1.82) is 0 Å². The highest BCUT2D eigenvalue weighted by Crippen LogP contribution is 2.33. The third-order valence-electron chi connectivity index (χ3n) is 6.68. The Kier molecular flexibility index (Phi) is 9.85. The fourth-order valence-electron chi connectivity index (χ4n) is 4.49. The van der Waals surface area contributed by atoms with E-state index < -0.39 is 17.6 Å². The largest absolute Gasteiger partial charge is 0.483 e. The Morgan fingerprint density at radius 1 is 1.10 bits per heavy atom. The van der Waals surface area contributed by atoms with Crippen LogP contribution in [0.2, 0.25) is 0 Å². The number of alkyl halides is 3. The average Bonchev–Trinajstić information content (AvgIpc) is 3.46. The number of H-pyrrole nitrogens is 1. The third-order valence-corrected chi connectivity index (χ3v) is 6.68. The second-order valence-electron chi connectivity index (χ2n) is 9.34. The molecule has 1 aliphatic rings. The number of hydrogen-bond donors (Lipinski definition) is 3. The number of likely N-dealkylation sites (N-methyl/N-ethyl adjacent to an activating group) is 1. The number of anilines is 1. The van der Waals surface area contributed by atoms with Gasteiger partial charge in [0.05, 0.1) is 22.8 Å². The quantitative estimate of drug-likeness (QED) is 0.240. The van der Waals surface area contributed by atoms with Gasteiger partial charge in [-0.3, -0.25) is 24.6 Å². The molecule has 1 aromatic carbocycles. The van der Waals surface area contributed by atoms with E-state index in [2.05, 4.69) is 49.1 Å². The maximum Gasteiger partial charge on any atom is 0.416 e. The lowest BCUT2D eigenvalue weighted by atomic mass is 10.0. The molecule has 0 unspecified atom stereocenters. The van der Waals surface area contributed by atoms with Crippen molar-refractivity contribution in [2.75, 3.05) is 38.0 Å². The summed E-state index contributed by atoms with van der Waals surface area (Å²) in [4.78, 5) is 33.8. The van der Waals surface area contributed by atoms with Crippen molar-refractivity contribution in [2.24, 2.45) is 0 Å². The molecule has 0 spiro atoms. The Balaban J connectivity index is 0.00000129. The van der Waals surface area contributed by atoms with Crippen LogP contribution in [-0.4, -0.2) is 80.2 Å². The molecule has 5 rings (SSSR count). The zero-order valence-corrected chi connectivity index (χ0v) is 22.6. The van der Waals surface area contributed by atoms with Gasteiger partial charge in [-0.15, -0.1) is 0 Å². The van der Waals surface area contributed by atoms with Crippen LogP contribution in [0.3, 0.4) is 0 Å². The van der Waals surface area contributed by atoms with E-state index in [0.717, 1.165) is 36.6 Å². The number of rotatable bonds is 5. The maximum absolute atomic E-state index is 13.9. The van der Waals surface area contributed by atoms with Crippen molar-refractivity contribution in [1.82, 2.24) is 30.0 Å². The monoisotopic (exact) mass is 579 g/mol. The number of amides is 1. The van der Waals surface area contributed by atoms with Crippen molar-refractivity contribution >= 4 is 29.1 Å². The molecule has 42 heavy (non-hydrogen) atoms. The smallest absolute Gasteiger partial charge is 0.416 e. The number of nitrogens with one attached hydrogen (secondary N) is 2. The summed E-state index contributed by atoms with van der Waals surface area (Å²) < 4.78 is 41.8. The maximum atomic E-state index is 13.9. The number of fused-ring (bicyclic) bond motifs is 1. The van der Waals surface area contributed by atoms with Crippen LogP contribution in [0.15, 0.2) is 55.1 Å². The van der Waals surface area contributed by atoms with Gasteiger partial charge >= 0.3 is 6.18 Å². The van der Waals surface area contributed by atoms with Gasteiger partial charge in [0.15, 0.2) is 0 Å². The van der Waals surface area contributed by atoms with Gasteiger partial charge in [-0.05, 0) is 36.4 Å². The van der Waals surface area contributed by atoms with Gasteiger partial charge in [0.1, 0.15) is 5.82 Å². The molecule has 3 N–H and O–H groups in total. The molecule has 0 bridgehead atoms. The SMILES string of the molecule is CCN1CCN(Cc2ccc(C(=O)Nc3cc(C#Cc4cncc5cn[nH]c45)ccn3)cc2C(F)(F)F)CC1.O=CO. The zero-order valence-electron chi connectivity index (χ0n) is 22.6. The van der Waals surface area contributed by atoms with E-state index in [1.54, 1.807) is 30.7 Å². The van der Waals surface area contributed by atoms with Crippen LogP contribution in [0.4, 0.5) is 19.0 Å². The molecular formula is C29H28F3N7O3. The summed E-state index contributed by atoms with van der Waals surface area (Å²) in [5.41, 5.74) is 1.22. The molecule has 4 aromatic rings. The first-order chi connectivity index (χ1) is 20.2. The van der Waals surface area contributed by atoms with E-state index in [4.69, 9.17) is 9.90 Å². The predicted molar refractivity (Wildman–Crippen MR) is 150 cm³/mol. The van der Waals surface area contributed by atoms with Gasteiger partial charge < -0.3 is 15.3 Å². The Labute approximate surface area is 239 Å². The fourth-order valence-corrected chi connectivity index (χ4v) is 4.49. The third kappa shape index (κ3) is 7.68. The number of piperazine rings is 1. The molecule has 1 aliphatic heterocycles. The lowest BCUT2D eigenvalue weighted by molar-refractivity contribution is -0.138. The molecule has 1 fully saturated rings. The van der Waals surface area contributed by atoms with Crippen LogP contribution in [0, 0.1) is 11.8 Å². The number of halogens is 3. The normalized spacial score (nSPS) is 13.9. The van der Waals surface area contributed by atoms with Crippen LogP contribution >= 0.6 is 0 Å². The first-order valence-electron chi connectivity index (χ1n) is 13.0. The Hall–Kier alpha value is -4.80. The lowest BCUT2D eigenvalue weighted by Crippen LogP contribution is -2.45. The number of hydrogen-bond acceptors (Lipinski definition) is 7. The van der Waals surface area contributed by atoms with E-state index in [0.29, 0.717) is 24.2 Å². The number of carbonyl (C=O) groups excluding carboxylic acids is 1. The minimum Gasteiger partial charge on any atom is -0.483 e. The molecular weight excluding hydrogens is 551 g/mol. The van der Waals surface area contributed by atoms with E-state index in [1.165, 1.54) is 18.3 Å². The Morgan fingerprint density at radius 3 is 2.55 bits per heavy atom. The van der Waals surface area contributed by atoms with Gasteiger partial charge in [-0.25, -0.2) is 4.98 Å². The van der Waals surface area contributed by atoms with E-state index >= 15 is 0 Å². The molecule has 0 radical (unpaired) electrons. The van der Waals surface area contributed by atoms with Crippen LogP contribution in [0.1, 0.15) is 39.5 Å². The Bertz CT molecular complexity index is 1600. The van der Waals surface area contributed by atoms with Crippen molar-refractivity contribution in [3.8, 4) is 11.8 Å². The van der Waals surface area contributed by atoms with Gasteiger partial charge in [0.25, 0.3) is 12.4 Å². The molecule has 0 saturated carbocycles. The first-order valence-corrected chi connectivity index (χ1v) is 13.0. The number of aromatic amines is 1. The molecule has 3 aromatic heterocycles. The second kappa shape index (κ2) is 13.7. The Morgan fingerprint density at radius 2 is 1.83 bits per heavy atom. The van der Waals surface area contributed by atoms with Gasteiger partial charge in [0.2, 0.25) is 0 Å². The lowest BCUT2D eigenvalue weighted by Gasteiger charge is -2.34. The summed E-state index contributed by atoms with van der Waals surface area (Å²) >= 11 is 0. The summed E-state index contributed by atoms with van der Waals surface area (Å²) in [5.74, 6) is 5.50. The van der Waals surface area contributed by atoms with Crippen molar-refractivity contribution < 1.29 is 27.9 Å². The van der Waals surface area contributed by atoms with E-state index in [9.17, 15) is 18.0 Å². The number of carbonyl (C=O) groups is 2. The number of nitrogens with zero attached hydrogens (tertiary/aromatic N) is 5. The minimum absolute atomic E-state index is 0.0999. The molecule has 1 amide bonds. The number of pyridine rings is 2. The highest BCUT2D eigenvalue weighted by molar-refractivity contribution is 6.04. The average molecular weight is 580 g/mol. The molecule has 4 heterocycles. The molecule has 0 aliphatic carbocycles. The van der Waals surface area contributed by atoms with Crippen molar-refractivity contribution in [3.05, 3.63) is 82.9 Å². The van der Waals surface area contributed by atoms with Crippen LogP contribution in [-0.2, 0) is 17.5 Å². The number of aromatic nitrogens is 4. The highest BCUT2D eigenvalue weighted by atomic mass is 19.4. The van der Waals surface area contributed by atoms with Gasteiger partial charge in [-0.2, -0.15) is 18.3 Å². The first kappa shape index (κ1) is 30.2. The van der Waals surface area contributed by atoms with Crippen LogP contribution in [0.5, 0.6) is 0 Å². The molecule has 0 atom stereocenters. The van der Waals surface area contributed by atoms with Gasteiger partial charge in [0, 0.05) is 67.8 Å². The van der Waals surface area contributed by atoms with Crippen LogP contribution in [0.25, 0.3) is 10.9 Å². The second-order valence-corrected chi connectivity index (χ2v) is 9.34. The topological polar surface area (TPSA) is 127 Å². The van der Waals surface area contributed by atoms with Gasteiger partial charge in [-0.1, -0.05) is 24.8 Å². The number of benzene rings is 1. The molecule has 218 valence electrons. The zero-order chi connectivity index (χ0) is 30.1. The molecule has 1 saturated heterocycles.